The largest absolute Gasteiger partial charge is 0.493 e. The molecule has 6 heteroatoms. The van der Waals surface area contributed by atoms with E-state index < -0.39 is 0 Å². The van der Waals surface area contributed by atoms with Gasteiger partial charge in [0.2, 0.25) is 12.5 Å². The number of nitrogens with zero attached hydrogens (tertiary/aromatic N) is 1. The Morgan fingerprint density at radius 3 is 2.95 bits per heavy atom. The Morgan fingerprint density at radius 2 is 2.26 bits per heavy atom. The van der Waals surface area contributed by atoms with Gasteiger partial charge in [-0.3, -0.25) is 4.90 Å². The van der Waals surface area contributed by atoms with Gasteiger partial charge in [0, 0.05) is 25.7 Å². The lowest BCUT2D eigenvalue weighted by Gasteiger charge is -2.16. The summed E-state index contributed by atoms with van der Waals surface area (Å²) in [7, 11) is 1.65. The Labute approximate surface area is 119 Å². The lowest BCUT2D eigenvalue weighted by Crippen LogP contribution is -2.26. The summed E-state index contributed by atoms with van der Waals surface area (Å²) in [5, 5.41) is 0. The van der Waals surface area contributed by atoms with E-state index in [1.54, 1.807) is 7.11 Å². The Hall–Kier alpha value is -1.17. The van der Waals surface area contributed by atoms with Crippen LogP contribution in [-0.2, 0) is 6.54 Å². The van der Waals surface area contributed by atoms with Crippen LogP contribution in [0.3, 0.4) is 0 Å². The van der Waals surface area contributed by atoms with Crippen LogP contribution in [0.4, 0.5) is 0 Å². The predicted octanol–water partition coefficient (Wildman–Crippen LogP) is 1.38. The average Bonchev–Trinajstić information content (AvgIpc) is 2.97. The van der Waals surface area contributed by atoms with Crippen molar-refractivity contribution in [1.82, 2.24) is 4.90 Å². The molecule has 1 aromatic rings. The summed E-state index contributed by atoms with van der Waals surface area (Å²) in [5.74, 6) is 2.22. The standard InChI is InChI=1S/C13H18N2O3.ClH/c1-16-11-4-9(5-12-13(11)18-8-17-12)6-15-3-2-10(14)7-15;/h4-5,10H,2-3,6-8,14H2,1H3;1H. The summed E-state index contributed by atoms with van der Waals surface area (Å²) >= 11 is 0. The van der Waals surface area contributed by atoms with Crippen molar-refractivity contribution in [2.75, 3.05) is 27.0 Å². The number of hydrogen-bond donors (Lipinski definition) is 1. The molecule has 1 unspecified atom stereocenters. The van der Waals surface area contributed by atoms with Gasteiger partial charge in [0.1, 0.15) is 0 Å². The average molecular weight is 287 g/mol. The molecule has 2 aliphatic heterocycles. The van der Waals surface area contributed by atoms with Crippen LogP contribution in [0.5, 0.6) is 17.2 Å². The molecule has 0 spiro atoms. The number of rotatable bonds is 3. The van der Waals surface area contributed by atoms with Crippen LogP contribution in [0.1, 0.15) is 12.0 Å². The zero-order chi connectivity index (χ0) is 12.5. The minimum absolute atomic E-state index is 0. The van der Waals surface area contributed by atoms with Crippen molar-refractivity contribution in [2.24, 2.45) is 5.73 Å². The van der Waals surface area contributed by atoms with E-state index in [0.29, 0.717) is 11.8 Å². The molecule has 0 aliphatic carbocycles. The Morgan fingerprint density at radius 1 is 1.42 bits per heavy atom. The molecule has 5 nitrogen and oxygen atoms in total. The van der Waals surface area contributed by atoms with Gasteiger partial charge in [0.15, 0.2) is 11.5 Å². The maximum atomic E-state index is 5.91. The lowest BCUT2D eigenvalue weighted by molar-refractivity contribution is 0.171. The maximum absolute atomic E-state index is 5.91. The van der Waals surface area contributed by atoms with Crippen molar-refractivity contribution >= 4 is 12.4 Å². The lowest BCUT2D eigenvalue weighted by atomic mass is 10.1. The van der Waals surface area contributed by atoms with E-state index >= 15 is 0 Å². The number of fused-ring (bicyclic) bond motifs is 1. The SMILES string of the molecule is COc1cc(CN2CCC(N)C2)cc2c1OCO2.Cl. The molecule has 3 rings (SSSR count). The smallest absolute Gasteiger partial charge is 0.231 e. The van der Waals surface area contributed by atoms with Gasteiger partial charge in [-0.2, -0.15) is 0 Å². The summed E-state index contributed by atoms with van der Waals surface area (Å²) in [6.45, 7) is 3.15. The zero-order valence-electron chi connectivity index (χ0n) is 10.9. The second-order valence-electron chi connectivity index (χ2n) is 4.82. The molecular formula is C13H19ClN2O3. The number of methoxy groups -OCH3 is 1. The highest BCUT2D eigenvalue weighted by Crippen LogP contribution is 2.42. The Bertz CT molecular complexity index is 456. The molecule has 1 aromatic carbocycles. The summed E-state index contributed by atoms with van der Waals surface area (Å²) in [6, 6.07) is 4.34. The van der Waals surface area contributed by atoms with Gasteiger partial charge in [-0.15, -0.1) is 12.4 Å². The van der Waals surface area contributed by atoms with E-state index in [1.807, 2.05) is 12.1 Å². The highest BCUT2D eigenvalue weighted by Gasteiger charge is 2.23. The first-order valence-corrected chi connectivity index (χ1v) is 6.20. The van der Waals surface area contributed by atoms with E-state index in [4.69, 9.17) is 19.9 Å². The highest BCUT2D eigenvalue weighted by molar-refractivity contribution is 5.85. The number of hydrogen-bond acceptors (Lipinski definition) is 5. The first-order chi connectivity index (χ1) is 8.76. The third-order valence-corrected chi connectivity index (χ3v) is 3.43. The fraction of sp³-hybridized carbons (Fsp3) is 0.538. The Kier molecular flexibility index (Phi) is 4.39. The second kappa shape index (κ2) is 5.86. The summed E-state index contributed by atoms with van der Waals surface area (Å²) in [6.07, 6.45) is 1.07. The van der Waals surface area contributed by atoms with Gasteiger partial charge in [-0.05, 0) is 24.1 Å². The summed E-state index contributed by atoms with van der Waals surface area (Å²) < 4.78 is 16.1. The van der Waals surface area contributed by atoms with E-state index in [0.717, 1.165) is 37.6 Å². The monoisotopic (exact) mass is 286 g/mol. The van der Waals surface area contributed by atoms with E-state index in [9.17, 15) is 0 Å². The number of benzene rings is 1. The highest BCUT2D eigenvalue weighted by atomic mass is 35.5. The minimum atomic E-state index is 0. The van der Waals surface area contributed by atoms with Crippen LogP contribution in [0.25, 0.3) is 0 Å². The van der Waals surface area contributed by atoms with Gasteiger partial charge in [-0.1, -0.05) is 0 Å². The third-order valence-electron chi connectivity index (χ3n) is 3.43. The van der Waals surface area contributed by atoms with Gasteiger partial charge < -0.3 is 19.9 Å². The molecule has 2 aliphatic rings. The van der Waals surface area contributed by atoms with Gasteiger partial charge in [0.25, 0.3) is 0 Å². The van der Waals surface area contributed by atoms with Crippen molar-refractivity contribution in [1.29, 1.82) is 0 Å². The molecular weight excluding hydrogens is 268 g/mol. The van der Waals surface area contributed by atoms with Crippen molar-refractivity contribution < 1.29 is 14.2 Å². The zero-order valence-corrected chi connectivity index (χ0v) is 11.7. The molecule has 0 radical (unpaired) electrons. The molecule has 19 heavy (non-hydrogen) atoms. The molecule has 2 N–H and O–H groups in total. The molecule has 2 heterocycles. The fourth-order valence-corrected chi connectivity index (χ4v) is 2.54. The fourth-order valence-electron chi connectivity index (χ4n) is 2.54. The minimum Gasteiger partial charge on any atom is -0.493 e. The van der Waals surface area contributed by atoms with Gasteiger partial charge >= 0.3 is 0 Å². The number of halogens is 1. The molecule has 1 saturated heterocycles. The quantitative estimate of drug-likeness (QED) is 0.910. The van der Waals surface area contributed by atoms with E-state index in [-0.39, 0.29) is 19.2 Å². The summed E-state index contributed by atoms with van der Waals surface area (Å²) in [5.41, 5.74) is 7.09. The number of ether oxygens (including phenoxy) is 3. The van der Waals surface area contributed by atoms with Crippen LogP contribution >= 0.6 is 12.4 Å². The first kappa shape index (κ1) is 14.2. The normalized spacial score (nSPS) is 21.3. The molecule has 0 aromatic heterocycles. The third kappa shape index (κ3) is 2.88. The number of nitrogens with two attached hydrogens (primary N) is 1. The van der Waals surface area contributed by atoms with Gasteiger partial charge in [-0.25, -0.2) is 0 Å². The predicted molar refractivity (Wildman–Crippen MR) is 74.2 cm³/mol. The van der Waals surface area contributed by atoms with E-state index in [2.05, 4.69) is 4.90 Å². The van der Waals surface area contributed by atoms with Crippen molar-refractivity contribution in [3.8, 4) is 17.2 Å². The summed E-state index contributed by atoms with van der Waals surface area (Å²) in [4.78, 5) is 2.35. The second-order valence-corrected chi connectivity index (χ2v) is 4.82. The van der Waals surface area contributed by atoms with Gasteiger partial charge in [0.05, 0.1) is 7.11 Å². The number of likely N-dealkylation sites (tertiary alicyclic amines) is 1. The van der Waals surface area contributed by atoms with Crippen molar-refractivity contribution in [3.05, 3.63) is 17.7 Å². The van der Waals surface area contributed by atoms with E-state index in [1.165, 1.54) is 5.56 Å². The Balaban J connectivity index is 0.00000133. The first-order valence-electron chi connectivity index (χ1n) is 6.20. The molecule has 106 valence electrons. The van der Waals surface area contributed by atoms with Crippen LogP contribution in [0.15, 0.2) is 12.1 Å². The van der Waals surface area contributed by atoms with Crippen molar-refractivity contribution in [3.63, 3.8) is 0 Å². The van der Waals surface area contributed by atoms with Crippen molar-refractivity contribution in [2.45, 2.75) is 19.0 Å². The maximum Gasteiger partial charge on any atom is 0.231 e. The van der Waals surface area contributed by atoms with Crippen LogP contribution in [-0.4, -0.2) is 37.9 Å². The topological polar surface area (TPSA) is 57.0 Å². The van der Waals surface area contributed by atoms with Crippen LogP contribution < -0.4 is 19.9 Å². The van der Waals surface area contributed by atoms with Crippen LogP contribution in [0, 0.1) is 0 Å². The molecule has 0 amide bonds. The van der Waals surface area contributed by atoms with Crippen LogP contribution in [0.2, 0.25) is 0 Å². The molecule has 1 atom stereocenters. The molecule has 1 fully saturated rings. The molecule has 0 saturated carbocycles. The molecule has 0 bridgehead atoms.